The van der Waals surface area contributed by atoms with E-state index in [2.05, 4.69) is 10.1 Å². The van der Waals surface area contributed by atoms with E-state index in [0.29, 0.717) is 5.15 Å². The summed E-state index contributed by atoms with van der Waals surface area (Å²) in [6.45, 7) is 3.93. The Hall–Kier alpha value is -1.62. The molecule has 84 valence electrons. The topological polar surface area (TPSA) is 67.5 Å². The van der Waals surface area contributed by atoms with Gasteiger partial charge in [0.05, 0.1) is 6.20 Å². The van der Waals surface area contributed by atoms with Crippen LogP contribution < -0.4 is 0 Å². The van der Waals surface area contributed by atoms with E-state index in [1.165, 1.54) is 10.7 Å². The summed E-state index contributed by atoms with van der Waals surface area (Å²) in [4.78, 5) is 15.2. The first kappa shape index (κ1) is 10.9. The lowest BCUT2D eigenvalue weighted by Crippen LogP contribution is -2.02. The maximum Gasteiger partial charge on any atom is 0.341 e. The summed E-state index contributed by atoms with van der Waals surface area (Å²) in [6, 6.07) is 1.69. The standard InChI is InChI=1S/C10H10ClN3O2/c1-5(2)7-3-8(11)14-9(13-7)6(4-12-14)10(15)16/h3-5H,1-2H3,(H,15,16). The Morgan fingerprint density at radius 2 is 2.25 bits per heavy atom. The summed E-state index contributed by atoms with van der Waals surface area (Å²) >= 11 is 5.99. The second kappa shape index (κ2) is 3.75. The van der Waals surface area contributed by atoms with Crippen molar-refractivity contribution in [3.05, 3.63) is 28.7 Å². The maximum atomic E-state index is 10.9. The van der Waals surface area contributed by atoms with Gasteiger partial charge in [-0.2, -0.15) is 5.10 Å². The van der Waals surface area contributed by atoms with Crippen LogP contribution in [-0.2, 0) is 0 Å². The predicted molar refractivity (Wildman–Crippen MR) is 59.0 cm³/mol. The van der Waals surface area contributed by atoms with Crippen molar-refractivity contribution in [2.45, 2.75) is 19.8 Å². The van der Waals surface area contributed by atoms with Crippen LogP contribution in [0.2, 0.25) is 5.15 Å². The number of carboxylic acid groups (broad SMARTS) is 1. The van der Waals surface area contributed by atoms with Crippen molar-refractivity contribution in [3.63, 3.8) is 0 Å². The predicted octanol–water partition coefficient (Wildman–Crippen LogP) is 2.20. The van der Waals surface area contributed by atoms with Gasteiger partial charge in [0.1, 0.15) is 10.7 Å². The van der Waals surface area contributed by atoms with Gasteiger partial charge in [-0.05, 0) is 12.0 Å². The van der Waals surface area contributed by atoms with E-state index in [9.17, 15) is 4.79 Å². The Balaban J connectivity index is 2.76. The quantitative estimate of drug-likeness (QED) is 0.816. The molecular weight excluding hydrogens is 230 g/mol. The molecule has 2 rings (SSSR count). The third-order valence-electron chi connectivity index (χ3n) is 2.27. The van der Waals surface area contributed by atoms with E-state index in [1.807, 2.05) is 13.8 Å². The Kier molecular flexibility index (Phi) is 2.55. The van der Waals surface area contributed by atoms with Gasteiger partial charge in [-0.3, -0.25) is 0 Å². The first-order chi connectivity index (χ1) is 7.50. The molecule has 16 heavy (non-hydrogen) atoms. The minimum Gasteiger partial charge on any atom is -0.477 e. The molecule has 0 radical (unpaired) electrons. The lowest BCUT2D eigenvalue weighted by Gasteiger charge is -2.06. The zero-order chi connectivity index (χ0) is 11.9. The zero-order valence-corrected chi connectivity index (χ0v) is 9.56. The highest BCUT2D eigenvalue weighted by Crippen LogP contribution is 2.20. The van der Waals surface area contributed by atoms with Crippen molar-refractivity contribution >= 4 is 23.2 Å². The van der Waals surface area contributed by atoms with Gasteiger partial charge in [0, 0.05) is 5.69 Å². The second-order valence-electron chi connectivity index (χ2n) is 3.76. The number of halogens is 1. The largest absolute Gasteiger partial charge is 0.477 e. The maximum absolute atomic E-state index is 10.9. The molecular formula is C10H10ClN3O2. The first-order valence-electron chi connectivity index (χ1n) is 4.78. The molecule has 0 aliphatic carbocycles. The number of hydrogen-bond acceptors (Lipinski definition) is 3. The number of carboxylic acids is 1. The van der Waals surface area contributed by atoms with E-state index in [4.69, 9.17) is 16.7 Å². The van der Waals surface area contributed by atoms with E-state index >= 15 is 0 Å². The molecule has 0 saturated heterocycles. The fourth-order valence-electron chi connectivity index (χ4n) is 1.39. The monoisotopic (exact) mass is 239 g/mol. The second-order valence-corrected chi connectivity index (χ2v) is 4.14. The average Bonchev–Trinajstić information content (AvgIpc) is 2.61. The lowest BCUT2D eigenvalue weighted by atomic mass is 10.1. The molecule has 0 aliphatic heterocycles. The van der Waals surface area contributed by atoms with Crippen LogP contribution in [0.15, 0.2) is 12.3 Å². The van der Waals surface area contributed by atoms with Crippen molar-refractivity contribution in [3.8, 4) is 0 Å². The summed E-state index contributed by atoms with van der Waals surface area (Å²) in [6.07, 6.45) is 1.25. The average molecular weight is 240 g/mol. The SMILES string of the molecule is CC(C)c1cc(Cl)n2ncc(C(=O)O)c2n1. The van der Waals surface area contributed by atoms with Crippen LogP contribution in [0.25, 0.3) is 5.65 Å². The molecule has 1 N–H and O–H groups in total. The third-order valence-corrected chi connectivity index (χ3v) is 2.54. The minimum atomic E-state index is -1.06. The number of aromatic carboxylic acids is 1. The summed E-state index contributed by atoms with van der Waals surface area (Å²) in [5.74, 6) is -0.876. The fourth-order valence-corrected chi connectivity index (χ4v) is 1.63. The van der Waals surface area contributed by atoms with Gasteiger partial charge in [-0.15, -0.1) is 0 Å². The molecule has 0 fully saturated rings. The number of rotatable bonds is 2. The summed E-state index contributed by atoms with van der Waals surface area (Å²) in [7, 11) is 0. The van der Waals surface area contributed by atoms with Gasteiger partial charge in [0.25, 0.3) is 0 Å². The molecule has 0 aliphatic rings. The molecule has 0 atom stereocenters. The molecule has 6 heteroatoms. The van der Waals surface area contributed by atoms with Crippen molar-refractivity contribution in [1.29, 1.82) is 0 Å². The van der Waals surface area contributed by atoms with Crippen molar-refractivity contribution in [1.82, 2.24) is 14.6 Å². The highest BCUT2D eigenvalue weighted by Gasteiger charge is 2.16. The Morgan fingerprint density at radius 1 is 1.56 bits per heavy atom. The molecule has 0 unspecified atom stereocenters. The molecule has 0 bridgehead atoms. The molecule has 2 aromatic heterocycles. The van der Waals surface area contributed by atoms with Crippen LogP contribution >= 0.6 is 11.6 Å². The Bertz CT molecular complexity index is 562. The number of fused-ring (bicyclic) bond motifs is 1. The number of carbonyl (C=O) groups is 1. The van der Waals surface area contributed by atoms with Gasteiger partial charge < -0.3 is 5.11 Å². The van der Waals surface area contributed by atoms with Crippen LogP contribution in [0.3, 0.4) is 0 Å². The number of aromatic nitrogens is 3. The highest BCUT2D eigenvalue weighted by atomic mass is 35.5. The van der Waals surface area contributed by atoms with Crippen molar-refractivity contribution < 1.29 is 9.90 Å². The van der Waals surface area contributed by atoms with Crippen LogP contribution in [0.1, 0.15) is 35.8 Å². The normalized spacial score (nSPS) is 11.2. The van der Waals surface area contributed by atoms with E-state index < -0.39 is 5.97 Å². The lowest BCUT2D eigenvalue weighted by molar-refractivity contribution is 0.0699. The summed E-state index contributed by atoms with van der Waals surface area (Å²) in [5, 5.41) is 13.2. The molecule has 2 heterocycles. The third kappa shape index (κ3) is 1.63. The molecule has 0 saturated carbocycles. The van der Waals surface area contributed by atoms with Gasteiger partial charge in [-0.1, -0.05) is 25.4 Å². The van der Waals surface area contributed by atoms with Crippen molar-refractivity contribution in [2.75, 3.05) is 0 Å². The smallest absolute Gasteiger partial charge is 0.341 e. The van der Waals surface area contributed by atoms with Crippen molar-refractivity contribution in [2.24, 2.45) is 0 Å². The molecule has 0 aromatic carbocycles. The van der Waals surface area contributed by atoms with Crippen LogP contribution in [0.4, 0.5) is 0 Å². The summed E-state index contributed by atoms with van der Waals surface area (Å²) < 4.78 is 1.32. The highest BCUT2D eigenvalue weighted by molar-refractivity contribution is 6.29. The Morgan fingerprint density at radius 3 is 2.81 bits per heavy atom. The number of nitrogens with zero attached hydrogens (tertiary/aromatic N) is 3. The van der Waals surface area contributed by atoms with Gasteiger partial charge >= 0.3 is 5.97 Å². The Labute approximate surface area is 96.7 Å². The van der Waals surface area contributed by atoms with Gasteiger partial charge in [0.2, 0.25) is 0 Å². The summed E-state index contributed by atoms with van der Waals surface area (Å²) in [5.41, 5.74) is 1.09. The van der Waals surface area contributed by atoms with E-state index in [-0.39, 0.29) is 17.1 Å². The van der Waals surface area contributed by atoms with Crippen LogP contribution in [0.5, 0.6) is 0 Å². The van der Waals surface area contributed by atoms with Gasteiger partial charge in [-0.25, -0.2) is 14.3 Å². The zero-order valence-electron chi connectivity index (χ0n) is 8.81. The van der Waals surface area contributed by atoms with Crippen LogP contribution in [0, 0.1) is 0 Å². The van der Waals surface area contributed by atoms with E-state index in [1.54, 1.807) is 6.07 Å². The molecule has 0 spiro atoms. The molecule has 0 amide bonds. The fraction of sp³-hybridized carbons (Fsp3) is 0.300. The number of hydrogen-bond donors (Lipinski definition) is 1. The molecule has 2 aromatic rings. The molecule has 5 nitrogen and oxygen atoms in total. The van der Waals surface area contributed by atoms with E-state index in [0.717, 1.165) is 5.69 Å². The minimum absolute atomic E-state index is 0.0596. The van der Waals surface area contributed by atoms with Gasteiger partial charge in [0.15, 0.2) is 5.65 Å². The first-order valence-corrected chi connectivity index (χ1v) is 5.16. The van der Waals surface area contributed by atoms with Crippen LogP contribution in [-0.4, -0.2) is 25.7 Å².